The fourth-order valence-electron chi connectivity index (χ4n) is 2.78. The van der Waals surface area contributed by atoms with Crippen LogP contribution in [0.5, 0.6) is 0 Å². The van der Waals surface area contributed by atoms with Crippen LogP contribution in [-0.4, -0.2) is 35.9 Å². The summed E-state index contributed by atoms with van der Waals surface area (Å²) in [6.07, 6.45) is -0.401. The van der Waals surface area contributed by atoms with Gasteiger partial charge in [-0.3, -0.25) is 24.5 Å². The van der Waals surface area contributed by atoms with Crippen molar-refractivity contribution in [1.82, 2.24) is 0 Å². The van der Waals surface area contributed by atoms with E-state index in [1.165, 1.54) is 12.1 Å². The van der Waals surface area contributed by atoms with E-state index in [4.69, 9.17) is 9.47 Å². The molecule has 0 heterocycles. The minimum Gasteiger partial charge on any atom is -0.465 e. The zero-order chi connectivity index (χ0) is 21.4. The molecule has 8 heteroatoms. The summed E-state index contributed by atoms with van der Waals surface area (Å²) in [6, 6.07) is 12.4. The molecule has 0 aromatic heterocycles. The Kier molecular flexibility index (Phi) is 7.59. The zero-order valence-corrected chi connectivity index (χ0v) is 16.1. The van der Waals surface area contributed by atoms with E-state index in [-0.39, 0.29) is 18.9 Å². The number of esters is 2. The van der Waals surface area contributed by atoms with Crippen LogP contribution in [0.15, 0.2) is 48.5 Å². The number of Topliss-reactive ketones (excluding diaryl/α,β-unsaturated/α-hetero) is 1. The Morgan fingerprint density at radius 1 is 0.931 bits per heavy atom. The fraction of sp³-hybridized carbons (Fsp3) is 0.286. The number of benzene rings is 2. The maximum Gasteiger partial charge on any atom is 0.320 e. The van der Waals surface area contributed by atoms with E-state index >= 15 is 0 Å². The van der Waals surface area contributed by atoms with Crippen LogP contribution in [0.3, 0.4) is 0 Å². The number of hydrogen-bond acceptors (Lipinski definition) is 7. The normalized spacial score (nSPS) is 10.4. The first-order valence-electron chi connectivity index (χ1n) is 9.09. The van der Waals surface area contributed by atoms with Gasteiger partial charge in [0.25, 0.3) is 5.69 Å². The molecule has 0 aliphatic heterocycles. The highest BCUT2D eigenvalue weighted by Gasteiger charge is 2.32. The van der Waals surface area contributed by atoms with Crippen molar-refractivity contribution in [2.75, 3.05) is 13.2 Å². The Morgan fingerprint density at radius 2 is 1.48 bits per heavy atom. The second kappa shape index (κ2) is 10.1. The summed E-state index contributed by atoms with van der Waals surface area (Å²) in [5, 5.41) is 10.8. The van der Waals surface area contributed by atoms with Crippen molar-refractivity contribution in [3.8, 4) is 11.1 Å². The van der Waals surface area contributed by atoms with E-state index in [2.05, 4.69) is 0 Å². The van der Waals surface area contributed by atoms with Gasteiger partial charge in [0, 0.05) is 24.1 Å². The predicted molar refractivity (Wildman–Crippen MR) is 104 cm³/mol. The van der Waals surface area contributed by atoms with Crippen LogP contribution in [-0.2, 0) is 19.1 Å². The highest BCUT2D eigenvalue weighted by atomic mass is 16.6. The first-order valence-corrected chi connectivity index (χ1v) is 9.09. The van der Waals surface area contributed by atoms with Crippen LogP contribution >= 0.6 is 0 Å². The van der Waals surface area contributed by atoms with E-state index < -0.39 is 35.0 Å². The third-order valence-corrected chi connectivity index (χ3v) is 4.15. The zero-order valence-electron chi connectivity index (χ0n) is 16.1. The lowest BCUT2D eigenvalue weighted by atomic mass is 9.92. The van der Waals surface area contributed by atoms with Gasteiger partial charge in [-0.25, -0.2) is 0 Å². The summed E-state index contributed by atoms with van der Waals surface area (Å²) in [6.45, 7) is 3.35. The van der Waals surface area contributed by atoms with E-state index in [9.17, 15) is 24.5 Å². The van der Waals surface area contributed by atoms with Crippen LogP contribution in [0.4, 0.5) is 5.69 Å². The monoisotopic (exact) mass is 399 g/mol. The molecule has 2 aromatic carbocycles. The highest BCUT2D eigenvalue weighted by molar-refractivity contribution is 6.07. The van der Waals surface area contributed by atoms with Gasteiger partial charge in [0.05, 0.1) is 18.1 Å². The molecule has 0 N–H and O–H groups in total. The average Bonchev–Trinajstić information content (AvgIpc) is 2.72. The second-order valence-corrected chi connectivity index (χ2v) is 6.03. The van der Waals surface area contributed by atoms with Gasteiger partial charge in [0.15, 0.2) is 11.7 Å². The first-order chi connectivity index (χ1) is 13.9. The molecule has 0 radical (unpaired) electrons. The molecule has 29 heavy (non-hydrogen) atoms. The Balaban J connectivity index is 2.33. The van der Waals surface area contributed by atoms with Crippen molar-refractivity contribution in [2.45, 2.75) is 20.3 Å². The van der Waals surface area contributed by atoms with Crippen molar-refractivity contribution in [3.63, 3.8) is 0 Å². The van der Waals surface area contributed by atoms with E-state index in [0.717, 1.165) is 0 Å². The summed E-state index contributed by atoms with van der Waals surface area (Å²) in [4.78, 5) is 47.5. The molecular formula is C21H21NO7. The molecule has 2 aromatic rings. The van der Waals surface area contributed by atoms with E-state index in [1.807, 2.05) is 0 Å². The number of ether oxygens (including phenoxy) is 2. The minimum absolute atomic E-state index is 0.0674. The van der Waals surface area contributed by atoms with Gasteiger partial charge in [-0.2, -0.15) is 0 Å². The third-order valence-electron chi connectivity index (χ3n) is 4.15. The Morgan fingerprint density at radius 3 is 2.00 bits per heavy atom. The smallest absolute Gasteiger partial charge is 0.320 e. The lowest BCUT2D eigenvalue weighted by Gasteiger charge is -2.15. The molecule has 0 aliphatic rings. The molecule has 0 fully saturated rings. The summed E-state index contributed by atoms with van der Waals surface area (Å²) in [5.74, 6) is -3.42. The van der Waals surface area contributed by atoms with Crippen LogP contribution < -0.4 is 0 Å². The molecule has 0 spiro atoms. The van der Waals surface area contributed by atoms with Crippen molar-refractivity contribution in [1.29, 1.82) is 0 Å². The molecule has 152 valence electrons. The van der Waals surface area contributed by atoms with Gasteiger partial charge in [0.1, 0.15) is 0 Å². The number of rotatable bonds is 9. The number of nitro groups is 1. The van der Waals surface area contributed by atoms with Gasteiger partial charge >= 0.3 is 11.9 Å². The van der Waals surface area contributed by atoms with Crippen molar-refractivity contribution >= 4 is 23.4 Å². The number of carbonyl (C=O) groups excluding carboxylic acids is 3. The highest BCUT2D eigenvalue weighted by Crippen LogP contribution is 2.27. The van der Waals surface area contributed by atoms with Crippen LogP contribution in [0, 0.1) is 16.0 Å². The van der Waals surface area contributed by atoms with Crippen LogP contribution in [0.2, 0.25) is 0 Å². The number of carbonyl (C=O) groups is 3. The van der Waals surface area contributed by atoms with Crippen molar-refractivity contribution < 1.29 is 28.8 Å². The van der Waals surface area contributed by atoms with Gasteiger partial charge in [-0.15, -0.1) is 0 Å². The minimum atomic E-state index is -1.35. The van der Waals surface area contributed by atoms with Gasteiger partial charge < -0.3 is 9.47 Å². The summed E-state index contributed by atoms with van der Waals surface area (Å²) in [7, 11) is 0. The number of non-ortho nitro benzene ring substituents is 1. The first kappa shape index (κ1) is 21.7. The van der Waals surface area contributed by atoms with Crippen LogP contribution in [0.25, 0.3) is 11.1 Å². The van der Waals surface area contributed by atoms with Gasteiger partial charge in [-0.05, 0) is 37.1 Å². The molecule has 0 unspecified atom stereocenters. The van der Waals surface area contributed by atoms with Crippen molar-refractivity contribution in [3.05, 3.63) is 64.2 Å². The van der Waals surface area contributed by atoms with Crippen molar-refractivity contribution in [2.24, 2.45) is 5.92 Å². The number of nitrogens with zero attached hydrogens (tertiary/aromatic N) is 1. The molecule has 2 rings (SSSR count). The molecular weight excluding hydrogens is 378 g/mol. The van der Waals surface area contributed by atoms with Gasteiger partial charge in [0.2, 0.25) is 0 Å². The SMILES string of the molecule is CCOC(=O)C(CC(=O)c1ccccc1-c1ccc([N+](=O)[O-])cc1)C(=O)OCC. The maximum atomic E-state index is 12.9. The summed E-state index contributed by atoms with van der Waals surface area (Å²) in [5.41, 5.74) is 1.37. The molecule has 0 saturated carbocycles. The Hall–Kier alpha value is -3.55. The fourth-order valence-corrected chi connectivity index (χ4v) is 2.78. The van der Waals surface area contributed by atoms with E-state index in [1.54, 1.807) is 50.2 Å². The number of hydrogen-bond donors (Lipinski definition) is 0. The lowest BCUT2D eigenvalue weighted by molar-refractivity contribution is -0.384. The molecule has 8 nitrogen and oxygen atoms in total. The van der Waals surface area contributed by atoms with Crippen LogP contribution in [0.1, 0.15) is 30.6 Å². The summed E-state index contributed by atoms with van der Waals surface area (Å²) >= 11 is 0. The molecule has 0 saturated heterocycles. The summed E-state index contributed by atoms with van der Waals surface area (Å²) < 4.78 is 9.81. The quantitative estimate of drug-likeness (QED) is 0.208. The second-order valence-electron chi connectivity index (χ2n) is 6.03. The number of ketones is 1. The Labute approximate surface area is 167 Å². The average molecular weight is 399 g/mol. The predicted octanol–water partition coefficient (Wildman–Crippen LogP) is 3.58. The van der Waals surface area contributed by atoms with Gasteiger partial charge in [-0.1, -0.05) is 24.3 Å². The largest absolute Gasteiger partial charge is 0.465 e. The van der Waals surface area contributed by atoms with E-state index in [0.29, 0.717) is 16.7 Å². The third kappa shape index (κ3) is 5.47. The molecule has 0 amide bonds. The topological polar surface area (TPSA) is 113 Å². The maximum absolute atomic E-state index is 12.9. The number of nitro benzene ring substituents is 1. The standard InChI is InChI=1S/C21H21NO7/c1-3-28-20(24)18(21(25)29-4-2)13-19(23)17-8-6-5-7-16(17)14-9-11-15(12-10-14)22(26)27/h5-12,18H,3-4,13H2,1-2H3. The molecule has 0 aliphatic carbocycles. The molecule has 0 bridgehead atoms. The Bertz CT molecular complexity index is 888. The lowest BCUT2D eigenvalue weighted by Crippen LogP contribution is -2.30. The molecule has 0 atom stereocenters.